The summed E-state index contributed by atoms with van der Waals surface area (Å²) in [5, 5.41) is 10.0. The zero-order valence-corrected chi connectivity index (χ0v) is 15.3. The topological polar surface area (TPSA) is 82.6 Å². The minimum atomic E-state index is -0.812. The normalized spacial score (nSPS) is 23.9. The van der Waals surface area contributed by atoms with Crippen molar-refractivity contribution in [1.29, 1.82) is 0 Å². The number of likely N-dealkylation sites (tertiary alicyclic amines) is 1. The number of carbonyl (C=O) groups is 2. The van der Waals surface area contributed by atoms with Gasteiger partial charge in [-0.2, -0.15) is 0 Å². The minimum absolute atomic E-state index is 0.130. The molecule has 0 aliphatic carbocycles. The van der Waals surface area contributed by atoms with Crippen LogP contribution in [0.15, 0.2) is 18.2 Å². The molecule has 144 valence electrons. The van der Waals surface area contributed by atoms with Crippen LogP contribution in [-0.2, 0) is 9.53 Å². The van der Waals surface area contributed by atoms with Crippen LogP contribution < -0.4 is 0 Å². The Labute approximate surface area is 160 Å². The van der Waals surface area contributed by atoms with Crippen LogP contribution in [0.5, 0.6) is 0 Å². The molecule has 6 nitrogen and oxygen atoms in total. The van der Waals surface area contributed by atoms with E-state index in [1.807, 2.05) is 0 Å². The largest absolute Gasteiger partial charge is 0.481 e. The van der Waals surface area contributed by atoms with Crippen molar-refractivity contribution in [1.82, 2.24) is 9.88 Å². The highest BCUT2D eigenvalue weighted by atomic mass is 35.5. The van der Waals surface area contributed by atoms with Gasteiger partial charge in [0.1, 0.15) is 11.5 Å². The molecule has 1 aromatic heterocycles. The smallest absolute Gasteiger partial charge is 0.309 e. The predicted octanol–water partition coefficient (Wildman–Crippen LogP) is 3.30. The number of carboxylic acids is 1. The number of rotatable bonds is 3. The Morgan fingerprint density at radius 2 is 2.00 bits per heavy atom. The number of benzene rings is 1. The summed E-state index contributed by atoms with van der Waals surface area (Å²) in [5.74, 6) is -1.78. The van der Waals surface area contributed by atoms with Gasteiger partial charge in [0, 0.05) is 30.6 Å². The minimum Gasteiger partial charge on any atom is -0.481 e. The number of amides is 1. The molecule has 1 unspecified atom stereocenters. The number of ether oxygens (including phenoxy) is 1. The van der Waals surface area contributed by atoms with Crippen molar-refractivity contribution in [3.63, 3.8) is 0 Å². The fourth-order valence-corrected chi connectivity index (χ4v) is 4.49. The molecule has 0 spiro atoms. The Balaban J connectivity index is 1.46. The van der Waals surface area contributed by atoms with Crippen LogP contribution in [-0.4, -0.2) is 52.7 Å². The lowest BCUT2D eigenvalue weighted by atomic mass is 9.84. The van der Waals surface area contributed by atoms with E-state index < -0.39 is 17.7 Å². The van der Waals surface area contributed by atoms with Gasteiger partial charge < -0.3 is 19.7 Å². The molecule has 2 aromatic rings. The Hall–Kier alpha value is -2.12. The van der Waals surface area contributed by atoms with E-state index in [0.29, 0.717) is 49.9 Å². The molecule has 0 bridgehead atoms. The molecule has 2 saturated heterocycles. The van der Waals surface area contributed by atoms with Crippen LogP contribution in [0.4, 0.5) is 4.39 Å². The summed E-state index contributed by atoms with van der Waals surface area (Å²) in [6.45, 7) is 1.49. The van der Waals surface area contributed by atoms with E-state index in [1.54, 1.807) is 11.0 Å². The van der Waals surface area contributed by atoms with Gasteiger partial charge in [0.2, 0.25) is 0 Å². The first-order chi connectivity index (χ1) is 13.0. The number of halogens is 2. The van der Waals surface area contributed by atoms with E-state index in [9.17, 15) is 19.1 Å². The number of nitrogens with zero attached hydrogens (tertiary/aromatic N) is 1. The zero-order chi connectivity index (χ0) is 19.1. The molecule has 1 aromatic carbocycles. The zero-order valence-electron chi connectivity index (χ0n) is 14.6. The number of aromatic amines is 1. The van der Waals surface area contributed by atoms with Crippen LogP contribution >= 0.6 is 11.6 Å². The van der Waals surface area contributed by atoms with Crippen molar-refractivity contribution in [2.45, 2.75) is 25.4 Å². The molecule has 0 saturated carbocycles. The summed E-state index contributed by atoms with van der Waals surface area (Å²) in [5.41, 5.74) is 0.875. The van der Waals surface area contributed by atoms with E-state index >= 15 is 0 Å². The maximum Gasteiger partial charge on any atom is 0.309 e. The molecule has 2 fully saturated rings. The molecule has 2 aliphatic rings. The highest BCUT2D eigenvalue weighted by Gasteiger charge is 2.41. The van der Waals surface area contributed by atoms with Crippen LogP contribution in [0.2, 0.25) is 5.02 Å². The first kappa shape index (κ1) is 18.3. The van der Waals surface area contributed by atoms with Crippen molar-refractivity contribution in [3.8, 4) is 0 Å². The second-order valence-corrected chi connectivity index (χ2v) is 7.58. The summed E-state index contributed by atoms with van der Waals surface area (Å²) >= 11 is 6.30. The second-order valence-electron chi connectivity index (χ2n) is 7.20. The quantitative estimate of drug-likeness (QED) is 0.836. The monoisotopic (exact) mass is 394 g/mol. The van der Waals surface area contributed by atoms with Crippen molar-refractivity contribution >= 4 is 34.4 Å². The number of piperidine rings is 1. The van der Waals surface area contributed by atoms with Gasteiger partial charge in [-0.05, 0) is 43.4 Å². The van der Waals surface area contributed by atoms with Crippen molar-refractivity contribution < 1.29 is 23.8 Å². The van der Waals surface area contributed by atoms with Gasteiger partial charge >= 0.3 is 5.97 Å². The van der Waals surface area contributed by atoms with Gasteiger partial charge in [-0.15, -0.1) is 0 Å². The SMILES string of the molecule is O=C(O)C1CCO[C@H]1C1CCN(C(=O)c2[nH]c3ccc(F)cc3c2Cl)CC1. The molecule has 0 radical (unpaired) electrons. The Bertz CT molecular complexity index is 891. The first-order valence-electron chi connectivity index (χ1n) is 9.06. The highest BCUT2D eigenvalue weighted by molar-refractivity contribution is 6.38. The van der Waals surface area contributed by atoms with Crippen LogP contribution in [0.1, 0.15) is 29.8 Å². The lowest BCUT2D eigenvalue weighted by Crippen LogP contribution is -2.43. The van der Waals surface area contributed by atoms with Gasteiger partial charge in [0.05, 0.1) is 17.0 Å². The Morgan fingerprint density at radius 1 is 1.26 bits per heavy atom. The number of hydrogen-bond donors (Lipinski definition) is 2. The number of carboxylic acid groups (broad SMARTS) is 1. The lowest BCUT2D eigenvalue weighted by molar-refractivity contribution is -0.145. The molecule has 3 heterocycles. The van der Waals surface area contributed by atoms with Gasteiger partial charge in [-0.3, -0.25) is 9.59 Å². The van der Waals surface area contributed by atoms with E-state index in [-0.39, 0.29) is 28.6 Å². The molecule has 1 amide bonds. The average Bonchev–Trinajstić information content (AvgIpc) is 3.27. The average molecular weight is 395 g/mol. The fourth-order valence-electron chi connectivity index (χ4n) is 4.21. The highest BCUT2D eigenvalue weighted by Crippen LogP contribution is 2.34. The number of fused-ring (bicyclic) bond motifs is 1. The fraction of sp³-hybridized carbons (Fsp3) is 0.474. The number of aromatic nitrogens is 1. The van der Waals surface area contributed by atoms with E-state index in [2.05, 4.69) is 4.98 Å². The molecule has 2 atom stereocenters. The van der Waals surface area contributed by atoms with Crippen molar-refractivity contribution in [2.24, 2.45) is 11.8 Å². The van der Waals surface area contributed by atoms with Gasteiger partial charge in [-0.1, -0.05) is 11.6 Å². The standard InChI is InChI=1S/C19H20ClFN2O4/c20-15-13-9-11(21)1-2-14(13)22-16(15)18(24)23-6-3-10(4-7-23)17-12(19(25)26)5-8-27-17/h1-2,9-10,12,17,22H,3-8H2,(H,25,26)/t12?,17-/m0/s1. The van der Waals surface area contributed by atoms with Crippen LogP contribution in [0.25, 0.3) is 10.9 Å². The maximum absolute atomic E-state index is 13.4. The Morgan fingerprint density at radius 3 is 2.70 bits per heavy atom. The molecule has 8 heteroatoms. The van der Waals surface area contributed by atoms with E-state index in [1.165, 1.54) is 12.1 Å². The van der Waals surface area contributed by atoms with Gasteiger partial charge in [0.15, 0.2) is 0 Å². The summed E-state index contributed by atoms with van der Waals surface area (Å²) in [6, 6.07) is 4.18. The molecule has 2 aliphatic heterocycles. The summed E-state index contributed by atoms with van der Waals surface area (Å²) < 4.78 is 19.1. The molecule has 27 heavy (non-hydrogen) atoms. The second kappa shape index (κ2) is 7.13. The summed E-state index contributed by atoms with van der Waals surface area (Å²) in [4.78, 5) is 28.9. The van der Waals surface area contributed by atoms with Crippen molar-refractivity contribution in [2.75, 3.05) is 19.7 Å². The number of aliphatic carboxylic acids is 1. The van der Waals surface area contributed by atoms with Crippen LogP contribution in [0.3, 0.4) is 0 Å². The van der Waals surface area contributed by atoms with E-state index in [4.69, 9.17) is 16.3 Å². The number of nitrogens with one attached hydrogen (secondary N) is 1. The van der Waals surface area contributed by atoms with E-state index in [0.717, 1.165) is 0 Å². The molecular weight excluding hydrogens is 375 g/mol. The Kier molecular flexibility index (Phi) is 4.82. The number of carbonyl (C=O) groups excluding carboxylic acids is 1. The third-order valence-corrected chi connectivity index (χ3v) is 6.05. The number of hydrogen-bond acceptors (Lipinski definition) is 3. The third kappa shape index (κ3) is 3.30. The summed E-state index contributed by atoms with van der Waals surface area (Å²) in [6.07, 6.45) is 1.64. The number of H-pyrrole nitrogens is 1. The molecule has 4 rings (SSSR count). The van der Waals surface area contributed by atoms with Crippen LogP contribution in [0, 0.1) is 17.7 Å². The first-order valence-corrected chi connectivity index (χ1v) is 9.44. The lowest BCUT2D eigenvalue weighted by Gasteiger charge is -2.35. The van der Waals surface area contributed by atoms with Crippen molar-refractivity contribution in [3.05, 3.63) is 34.7 Å². The van der Waals surface area contributed by atoms with Gasteiger partial charge in [0.25, 0.3) is 5.91 Å². The third-order valence-electron chi connectivity index (χ3n) is 5.66. The molecule has 2 N–H and O–H groups in total. The molecular formula is C19H20ClFN2O4. The van der Waals surface area contributed by atoms with Gasteiger partial charge in [-0.25, -0.2) is 4.39 Å². The maximum atomic E-state index is 13.4. The summed E-state index contributed by atoms with van der Waals surface area (Å²) in [7, 11) is 0. The predicted molar refractivity (Wildman–Crippen MR) is 97.4 cm³/mol.